The van der Waals surface area contributed by atoms with Gasteiger partial charge in [-0.05, 0) is 41.5 Å². The summed E-state index contributed by atoms with van der Waals surface area (Å²) in [6.07, 6.45) is 5.10. The van der Waals surface area contributed by atoms with Gasteiger partial charge in [0.25, 0.3) is 0 Å². The lowest BCUT2D eigenvalue weighted by molar-refractivity contribution is 0.709. The Kier molecular flexibility index (Phi) is 4.85. The van der Waals surface area contributed by atoms with Gasteiger partial charge in [-0.2, -0.15) is 5.10 Å². The van der Waals surface area contributed by atoms with Crippen LogP contribution in [-0.4, -0.2) is 5.71 Å². The number of allylic oxidation sites excluding steroid dienone is 1. The van der Waals surface area contributed by atoms with Crippen LogP contribution in [0.25, 0.3) is 6.08 Å². The third kappa shape index (κ3) is 3.71. The van der Waals surface area contributed by atoms with E-state index in [4.69, 9.17) is 16.7 Å². The van der Waals surface area contributed by atoms with Crippen molar-refractivity contribution in [2.24, 2.45) is 5.10 Å². The zero-order valence-corrected chi connectivity index (χ0v) is 15.1. The predicted octanol–water partition coefficient (Wildman–Crippen LogP) is 6.36. The molecule has 0 amide bonds. The summed E-state index contributed by atoms with van der Waals surface area (Å²) in [5.74, 6) is 0. The second kappa shape index (κ2) is 7.59. The molecular weight excluding hydrogens is 340 g/mol. The van der Waals surface area contributed by atoms with Crippen LogP contribution in [-0.2, 0) is 0 Å². The Morgan fingerprint density at radius 2 is 1.46 bits per heavy atom. The Hall–Kier alpha value is -2.84. The topological polar surface area (TPSA) is 15.6 Å². The molecule has 1 heterocycles. The molecule has 0 bridgehead atoms. The molecule has 2 nitrogen and oxygen atoms in total. The third-order valence-electron chi connectivity index (χ3n) is 4.48. The summed E-state index contributed by atoms with van der Waals surface area (Å²) in [5.41, 5.74) is 4.55. The minimum atomic E-state index is 0.188. The molecule has 0 fully saturated rings. The first-order valence-electron chi connectivity index (χ1n) is 8.70. The standard InChI is InChI=1S/C23H19ClN2/c24-20-12-15-22(16-13-20)26-23(19-9-5-2-6-10-19)17-21(25-26)14-11-18-7-3-1-4-8-18/h1-16,23H,17H2/b14-11-/t23-/m0/s1. The van der Waals surface area contributed by atoms with E-state index >= 15 is 0 Å². The Balaban J connectivity index is 1.65. The molecule has 0 aliphatic carbocycles. The maximum Gasteiger partial charge on any atom is 0.0831 e. The molecule has 0 saturated heterocycles. The SMILES string of the molecule is Clc1ccc(N2N=C(/C=C\c3ccccc3)C[C@H]2c2ccccc2)cc1. The van der Waals surface area contributed by atoms with Gasteiger partial charge in [0.15, 0.2) is 0 Å². The highest BCUT2D eigenvalue weighted by atomic mass is 35.5. The monoisotopic (exact) mass is 358 g/mol. The normalized spacial score (nSPS) is 16.9. The van der Waals surface area contributed by atoms with E-state index < -0.39 is 0 Å². The smallest absolute Gasteiger partial charge is 0.0831 e. The first kappa shape index (κ1) is 16.6. The van der Waals surface area contributed by atoms with Gasteiger partial charge in [0, 0.05) is 11.4 Å². The van der Waals surface area contributed by atoms with Crippen LogP contribution in [0.4, 0.5) is 5.69 Å². The molecule has 0 saturated carbocycles. The zero-order valence-electron chi connectivity index (χ0n) is 14.3. The number of hydrazone groups is 1. The second-order valence-electron chi connectivity index (χ2n) is 6.29. The summed E-state index contributed by atoms with van der Waals surface area (Å²) >= 11 is 6.05. The van der Waals surface area contributed by atoms with Crippen LogP contribution in [0.15, 0.2) is 96.1 Å². The summed E-state index contributed by atoms with van der Waals surface area (Å²) in [5, 5.41) is 7.71. The third-order valence-corrected chi connectivity index (χ3v) is 4.73. The minimum Gasteiger partial charge on any atom is -0.257 e. The van der Waals surface area contributed by atoms with Gasteiger partial charge in [-0.1, -0.05) is 78.3 Å². The number of nitrogens with zero attached hydrogens (tertiary/aromatic N) is 2. The minimum absolute atomic E-state index is 0.188. The van der Waals surface area contributed by atoms with E-state index in [1.165, 1.54) is 11.1 Å². The van der Waals surface area contributed by atoms with E-state index in [-0.39, 0.29) is 6.04 Å². The molecule has 1 aliphatic rings. The molecule has 3 heteroatoms. The van der Waals surface area contributed by atoms with Crippen molar-refractivity contribution in [2.75, 3.05) is 5.01 Å². The van der Waals surface area contributed by atoms with Crippen molar-refractivity contribution in [1.82, 2.24) is 0 Å². The van der Waals surface area contributed by atoms with Crippen molar-refractivity contribution in [2.45, 2.75) is 12.5 Å². The summed E-state index contributed by atoms with van der Waals surface area (Å²) in [7, 11) is 0. The lowest BCUT2D eigenvalue weighted by Crippen LogP contribution is -2.18. The van der Waals surface area contributed by atoms with Crippen LogP contribution < -0.4 is 5.01 Å². The number of anilines is 1. The molecular formula is C23H19ClN2. The van der Waals surface area contributed by atoms with Crippen LogP contribution in [0.2, 0.25) is 5.02 Å². The van der Waals surface area contributed by atoms with E-state index in [2.05, 4.69) is 53.6 Å². The fourth-order valence-corrected chi connectivity index (χ4v) is 3.28. The fourth-order valence-electron chi connectivity index (χ4n) is 3.16. The van der Waals surface area contributed by atoms with Crippen molar-refractivity contribution < 1.29 is 0 Å². The molecule has 0 aromatic heterocycles. The average Bonchev–Trinajstić information content (AvgIpc) is 3.13. The molecule has 3 aromatic carbocycles. The maximum atomic E-state index is 6.05. The summed E-state index contributed by atoms with van der Waals surface area (Å²) in [4.78, 5) is 0. The highest BCUT2D eigenvalue weighted by molar-refractivity contribution is 6.30. The molecule has 0 unspecified atom stereocenters. The number of rotatable bonds is 4. The van der Waals surface area contributed by atoms with Gasteiger partial charge in [-0.3, -0.25) is 5.01 Å². The quantitative estimate of drug-likeness (QED) is 0.529. The Morgan fingerprint density at radius 1 is 0.808 bits per heavy atom. The van der Waals surface area contributed by atoms with Crippen LogP contribution in [0.3, 0.4) is 0 Å². The Labute approximate surface area is 159 Å². The molecule has 128 valence electrons. The predicted molar refractivity (Wildman–Crippen MR) is 111 cm³/mol. The zero-order chi connectivity index (χ0) is 17.8. The molecule has 3 aromatic rings. The van der Waals surface area contributed by atoms with Crippen molar-refractivity contribution >= 4 is 29.1 Å². The van der Waals surface area contributed by atoms with Crippen molar-refractivity contribution in [3.05, 3.63) is 107 Å². The number of benzene rings is 3. The van der Waals surface area contributed by atoms with E-state index in [0.717, 1.165) is 22.8 Å². The van der Waals surface area contributed by atoms with E-state index in [1.807, 2.05) is 48.5 Å². The number of hydrogen-bond donors (Lipinski definition) is 0. The van der Waals surface area contributed by atoms with Gasteiger partial charge >= 0.3 is 0 Å². The largest absolute Gasteiger partial charge is 0.257 e. The molecule has 0 spiro atoms. The highest BCUT2D eigenvalue weighted by Crippen LogP contribution is 2.35. The molecule has 0 radical (unpaired) electrons. The van der Waals surface area contributed by atoms with Gasteiger partial charge in [0.05, 0.1) is 17.4 Å². The summed E-state index contributed by atoms with van der Waals surface area (Å²) < 4.78 is 0. The number of hydrogen-bond acceptors (Lipinski definition) is 2. The van der Waals surface area contributed by atoms with Crippen LogP contribution in [0, 0.1) is 0 Å². The average molecular weight is 359 g/mol. The first-order valence-corrected chi connectivity index (χ1v) is 9.08. The Morgan fingerprint density at radius 3 is 2.15 bits per heavy atom. The summed E-state index contributed by atoms with van der Waals surface area (Å²) in [6, 6.07) is 28.9. The van der Waals surface area contributed by atoms with E-state index in [1.54, 1.807) is 0 Å². The van der Waals surface area contributed by atoms with Gasteiger partial charge in [-0.25, -0.2) is 0 Å². The van der Waals surface area contributed by atoms with Crippen LogP contribution in [0.1, 0.15) is 23.6 Å². The number of halogens is 1. The lowest BCUT2D eigenvalue weighted by atomic mass is 10.0. The van der Waals surface area contributed by atoms with Crippen molar-refractivity contribution in [3.8, 4) is 0 Å². The van der Waals surface area contributed by atoms with Crippen LogP contribution >= 0.6 is 11.6 Å². The molecule has 26 heavy (non-hydrogen) atoms. The van der Waals surface area contributed by atoms with Gasteiger partial charge in [0.1, 0.15) is 0 Å². The molecule has 1 atom stereocenters. The summed E-state index contributed by atoms with van der Waals surface area (Å²) in [6.45, 7) is 0. The highest BCUT2D eigenvalue weighted by Gasteiger charge is 2.27. The van der Waals surface area contributed by atoms with E-state index in [0.29, 0.717) is 0 Å². The molecule has 4 rings (SSSR count). The maximum absolute atomic E-state index is 6.05. The molecule has 0 N–H and O–H groups in total. The van der Waals surface area contributed by atoms with Crippen LogP contribution in [0.5, 0.6) is 0 Å². The first-order chi connectivity index (χ1) is 12.8. The van der Waals surface area contributed by atoms with Gasteiger partial charge in [0.2, 0.25) is 0 Å². The van der Waals surface area contributed by atoms with Gasteiger partial charge < -0.3 is 0 Å². The lowest BCUT2D eigenvalue weighted by Gasteiger charge is -2.24. The van der Waals surface area contributed by atoms with Crippen molar-refractivity contribution in [3.63, 3.8) is 0 Å². The molecule has 1 aliphatic heterocycles. The van der Waals surface area contributed by atoms with Gasteiger partial charge in [-0.15, -0.1) is 0 Å². The second-order valence-corrected chi connectivity index (χ2v) is 6.72. The Bertz CT molecular complexity index is 915. The fraction of sp³-hybridized carbons (Fsp3) is 0.0870. The van der Waals surface area contributed by atoms with E-state index in [9.17, 15) is 0 Å². The van der Waals surface area contributed by atoms with Crippen molar-refractivity contribution in [1.29, 1.82) is 0 Å².